The molecule has 0 radical (unpaired) electrons. The van der Waals surface area contributed by atoms with Gasteiger partial charge in [0, 0.05) is 60.5 Å². The molecule has 0 aliphatic carbocycles. The molecule has 1 aromatic carbocycles. The first kappa shape index (κ1) is 20.6. The van der Waals surface area contributed by atoms with Crippen molar-refractivity contribution in [3.63, 3.8) is 0 Å². The fourth-order valence-electron chi connectivity index (χ4n) is 4.66. The fourth-order valence-corrected chi connectivity index (χ4v) is 4.66. The summed E-state index contributed by atoms with van der Waals surface area (Å²) in [5.74, 6) is -0.0933. The molecule has 0 fully saturated rings. The zero-order chi connectivity index (χ0) is 21.3. The molecule has 0 saturated heterocycles. The molecule has 0 bridgehead atoms. The summed E-state index contributed by atoms with van der Waals surface area (Å²) >= 11 is 0. The lowest BCUT2D eigenvalue weighted by atomic mass is 9.95. The SMILES string of the molecule is CCOC(=O)CC(Cn1c2c(c3cc(C)ccc31)CN(C)CC2)c1ccnc(C)c1. The number of benzene rings is 1. The minimum atomic E-state index is -0.141. The van der Waals surface area contributed by atoms with E-state index in [1.165, 1.54) is 27.7 Å². The monoisotopic (exact) mass is 405 g/mol. The molecule has 1 aliphatic rings. The van der Waals surface area contributed by atoms with Crippen LogP contribution in [0.5, 0.6) is 0 Å². The number of ether oxygens (including phenoxy) is 1. The Labute approximate surface area is 178 Å². The van der Waals surface area contributed by atoms with Gasteiger partial charge in [0.25, 0.3) is 0 Å². The number of aromatic nitrogens is 2. The van der Waals surface area contributed by atoms with Gasteiger partial charge < -0.3 is 14.2 Å². The summed E-state index contributed by atoms with van der Waals surface area (Å²) in [6.07, 6.45) is 3.24. The largest absolute Gasteiger partial charge is 0.466 e. The molecule has 1 atom stereocenters. The van der Waals surface area contributed by atoms with Crippen molar-refractivity contribution >= 4 is 16.9 Å². The summed E-state index contributed by atoms with van der Waals surface area (Å²) in [6.45, 7) is 9.21. The lowest BCUT2D eigenvalue weighted by molar-refractivity contribution is -0.143. The Bertz CT molecular complexity index is 1070. The smallest absolute Gasteiger partial charge is 0.306 e. The van der Waals surface area contributed by atoms with Gasteiger partial charge in [-0.15, -0.1) is 0 Å². The van der Waals surface area contributed by atoms with Crippen LogP contribution in [0.15, 0.2) is 36.5 Å². The number of rotatable bonds is 6. The van der Waals surface area contributed by atoms with E-state index in [1.807, 2.05) is 26.1 Å². The normalized spacial score (nSPS) is 15.2. The van der Waals surface area contributed by atoms with Crippen LogP contribution in [0, 0.1) is 13.8 Å². The minimum absolute atomic E-state index is 0.0476. The van der Waals surface area contributed by atoms with Crippen LogP contribution in [-0.4, -0.2) is 40.6 Å². The number of carbonyl (C=O) groups excluding carboxylic acids is 1. The highest BCUT2D eigenvalue weighted by Crippen LogP contribution is 2.34. The highest BCUT2D eigenvalue weighted by Gasteiger charge is 2.26. The molecule has 0 saturated carbocycles. The first-order chi connectivity index (χ1) is 14.5. The zero-order valence-electron chi connectivity index (χ0n) is 18.4. The quantitative estimate of drug-likeness (QED) is 0.571. The third-order valence-electron chi connectivity index (χ3n) is 6.11. The van der Waals surface area contributed by atoms with E-state index in [4.69, 9.17) is 4.74 Å². The number of esters is 1. The maximum absolute atomic E-state index is 12.4. The predicted octanol–water partition coefficient (Wildman–Crippen LogP) is 4.38. The standard InChI is InChI=1S/C25H31N3O2/c1-5-30-25(29)14-20(19-8-10-26-18(3)13-19)15-28-23-7-6-17(2)12-21(23)22-16-27(4)11-9-24(22)28/h6-8,10,12-13,20H,5,9,11,14-16H2,1-4H3. The van der Waals surface area contributed by atoms with Gasteiger partial charge in [0.15, 0.2) is 0 Å². The summed E-state index contributed by atoms with van der Waals surface area (Å²) in [7, 11) is 2.19. The van der Waals surface area contributed by atoms with Crippen LogP contribution in [-0.2, 0) is 29.0 Å². The van der Waals surface area contributed by atoms with Gasteiger partial charge in [-0.05, 0) is 63.2 Å². The Morgan fingerprint density at radius 1 is 1.23 bits per heavy atom. The number of aryl methyl sites for hydroxylation is 2. The second-order valence-corrected chi connectivity index (χ2v) is 8.48. The topological polar surface area (TPSA) is 47.4 Å². The van der Waals surface area contributed by atoms with Crippen LogP contribution < -0.4 is 0 Å². The molecule has 158 valence electrons. The van der Waals surface area contributed by atoms with Crippen molar-refractivity contribution < 1.29 is 9.53 Å². The summed E-state index contributed by atoms with van der Waals surface area (Å²) in [5.41, 5.74) is 7.50. The summed E-state index contributed by atoms with van der Waals surface area (Å²) < 4.78 is 7.76. The van der Waals surface area contributed by atoms with Crippen molar-refractivity contribution in [2.75, 3.05) is 20.2 Å². The van der Waals surface area contributed by atoms with Gasteiger partial charge in [-0.2, -0.15) is 0 Å². The molecule has 1 aliphatic heterocycles. The molecular weight excluding hydrogens is 374 g/mol. The molecule has 0 spiro atoms. The number of fused-ring (bicyclic) bond motifs is 3. The maximum Gasteiger partial charge on any atom is 0.306 e. The predicted molar refractivity (Wildman–Crippen MR) is 120 cm³/mol. The number of hydrogen-bond acceptors (Lipinski definition) is 4. The van der Waals surface area contributed by atoms with Crippen molar-refractivity contribution in [1.82, 2.24) is 14.5 Å². The first-order valence-corrected chi connectivity index (χ1v) is 10.8. The van der Waals surface area contributed by atoms with Crippen LogP contribution in [0.3, 0.4) is 0 Å². The third kappa shape index (κ3) is 4.12. The lowest BCUT2D eigenvalue weighted by Crippen LogP contribution is -2.28. The Balaban J connectivity index is 1.78. The van der Waals surface area contributed by atoms with Crippen molar-refractivity contribution in [2.45, 2.75) is 52.6 Å². The summed E-state index contributed by atoms with van der Waals surface area (Å²) in [6, 6.07) is 10.9. The van der Waals surface area contributed by atoms with Crippen LogP contribution in [0.1, 0.15) is 47.3 Å². The number of likely N-dealkylation sites (N-methyl/N-ethyl adjacent to an activating group) is 1. The zero-order valence-corrected chi connectivity index (χ0v) is 18.4. The van der Waals surface area contributed by atoms with Gasteiger partial charge in [-0.1, -0.05) is 11.6 Å². The van der Waals surface area contributed by atoms with Crippen LogP contribution >= 0.6 is 0 Å². The van der Waals surface area contributed by atoms with Crippen molar-refractivity contribution in [3.05, 3.63) is 64.6 Å². The number of pyridine rings is 1. The molecule has 5 nitrogen and oxygen atoms in total. The Kier molecular flexibility index (Phi) is 5.91. The average molecular weight is 406 g/mol. The van der Waals surface area contributed by atoms with E-state index in [1.54, 1.807) is 0 Å². The van der Waals surface area contributed by atoms with Gasteiger partial charge in [0.05, 0.1) is 13.0 Å². The molecule has 0 amide bonds. The van der Waals surface area contributed by atoms with E-state index in [0.717, 1.165) is 37.3 Å². The molecule has 0 N–H and O–H groups in total. The fraction of sp³-hybridized carbons (Fsp3) is 0.440. The summed E-state index contributed by atoms with van der Waals surface area (Å²) in [4.78, 5) is 19.2. The van der Waals surface area contributed by atoms with Crippen LogP contribution in [0.4, 0.5) is 0 Å². The van der Waals surface area contributed by atoms with Crippen molar-refractivity contribution in [2.24, 2.45) is 0 Å². The van der Waals surface area contributed by atoms with Crippen molar-refractivity contribution in [1.29, 1.82) is 0 Å². The minimum Gasteiger partial charge on any atom is -0.466 e. The van der Waals surface area contributed by atoms with Gasteiger partial charge >= 0.3 is 5.97 Å². The molecule has 3 aromatic rings. The van der Waals surface area contributed by atoms with E-state index in [-0.39, 0.29) is 11.9 Å². The first-order valence-electron chi connectivity index (χ1n) is 10.8. The van der Waals surface area contributed by atoms with E-state index >= 15 is 0 Å². The van der Waals surface area contributed by atoms with Gasteiger partial charge in [0.1, 0.15) is 0 Å². The number of carbonyl (C=O) groups is 1. The molecule has 30 heavy (non-hydrogen) atoms. The third-order valence-corrected chi connectivity index (χ3v) is 6.11. The lowest BCUT2D eigenvalue weighted by Gasteiger charge is -2.26. The highest BCUT2D eigenvalue weighted by atomic mass is 16.5. The maximum atomic E-state index is 12.4. The van der Waals surface area contributed by atoms with Gasteiger partial charge in [-0.25, -0.2) is 0 Å². The van der Waals surface area contributed by atoms with E-state index in [9.17, 15) is 4.79 Å². The number of hydrogen-bond donors (Lipinski definition) is 0. The Morgan fingerprint density at radius 3 is 2.83 bits per heavy atom. The van der Waals surface area contributed by atoms with Crippen LogP contribution in [0.2, 0.25) is 0 Å². The van der Waals surface area contributed by atoms with Crippen LogP contribution in [0.25, 0.3) is 10.9 Å². The highest BCUT2D eigenvalue weighted by molar-refractivity contribution is 5.86. The molecule has 4 rings (SSSR count). The van der Waals surface area contributed by atoms with Crippen molar-refractivity contribution in [3.8, 4) is 0 Å². The molecular formula is C25H31N3O2. The average Bonchev–Trinajstić information content (AvgIpc) is 3.00. The van der Waals surface area contributed by atoms with E-state index in [2.05, 4.69) is 52.7 Å². The molecule has 1 unspecified atom stereocenters. The van der Waals surface area contributed by atoms with Gasteiger partial charge in [-0.3, -0.25) is 9.78 Å². The van der Waals surface area contributed by atoms with Gasteiger partial charge in [0.2, 0.25) is 0 Å². The Morgan fingerprint density at radius 2 is 2.07 bits per heavy atom. The second-order valence-electron chi connectivity index (χ2n) is 8.48. The second kappa shape index (κ2) is 8.60. The number of nitrogens with zero attached hydrogens (tertiary/aromatic N) is 3. The molecule has 5 heteroatoms. The Hall–Kier alpha value is -2.66. The van der Waals surface area contributed by atoms with E-state index < -0.39 is 0 Å². The summed E-state index contributed by atoms with van der Waals surface area (Å²) in [5, 5.41) is 1.34. The molecule has 2 aromatic heterocycles. The molecule has 3 heterocycles. The van der Waals surface area contributed by atoms with E-state index in [0.29, 0.717) is 13.0 Å².